The predicted octanol–water partition coefficient (Wildman–Crippen LogP) is 9.72. The SMILES string of the molecule is NC(=S)N(N=Cc1cccc(-c2cccc(C(F)(F)F)c2)c1O)c1ccc(C(=O)O)cc1.NC(=S)N(N=Cc1cccc(-c2cccc(C(F)(F)F)c2)c1O)c1cccc(C(=O)O)c1. The van der Waals surface area contributed by atoms with Gasteiger partial charge in [-0.15, -0.1) is 0 Å². The monoisotopic (exact) mass is 918 g/mol. The van der Waals surface area contributed by atoms with Crippen molar-refractivity contribution in [2.45, 2.75) is 12.4 Å². The van der Waals surface area contributed by atoms with Crippen molar-refractivity contribution >= 4 is 70.4 Å². The number of alkyl halides is 6. The second-order valence-corrected chi connectivity index (χ2v) is 14.0. The first kappa shape index (κ1) is 47.2. The highest BCUT2D eigenvalue weighted by Gasteiger charge is 2.31. The number of halogens is 6. The molecule has 8 N–H and O–H groups in total. The third kappa shape index (κ3) is 11.7. The summed E-state index contributed by atoms with van der Waals surface area (Å²) in [5.41, 5.74) is 11.6. The molecular weight excluding hydrogens is 887 g/mol. The molecule has 0 spiro atoms. The van der Waals surface area contributed by atoms with Gasteiger partial charge in [-0.3, -0.25) is 0 Å². The molecule has 6 rings (SSSR count). The normalized spacial score (nSPS) is 11.5. The van der Waals surface area contributed by atoms with Crippen molar-refractivity contribution < 1.29 is 56.4 Å². The summed E-state index contributed by atoms with van der Waals surface area (Å²) in [4.78, 5) is 22.2. The Hall–Kier alpha value is -7.84. The number of nitrogens with zero attached hydrogens (tertiary/aromatic N) is 4. The number of hydrogen-bond donors (Lipinski definition) is 6. The van der Waals surface area contributed by atoms with Crippen LogP contribution in [0.15, 0.2) is 144 Å². The van der Waals surface area contributed by atoms with E-state index < -0.39 is 35.4 Å². The van der Waals surface area contributed by atoms with Crippen molar-refractivity contribution in [3.8, 4) is 33.8 Å². The summed E-state index contributed by atoms with van der Waals surface area (Å²) in [6.45, 7) is 0. The Bertz CT molecular complexity index is 2780. The molecule has 0 aliphatic heterocycles. The molecule has 0 atom stereocenters. The van der Waals surface area contributed by atoms with Gasteiger partial charge < -0.3 is 31.9 Å². The molecule has 0 unspecified atom stereocenters. The lowest BCUT2D eigenvalue weighted by molar-refractivity contribution is -0.138. The maximum absolute atomic E-state index is 13.0. The molecule has 6 aromatic carbocycles. The van der Waals surface area contributed by atoms with Gasteiger partial charge in [0, 0.05) is 22.3 Å². The third-order valence-corrected chi connectivity index (χ3v) is 9.22. The number of nitrogens with two attached hydrogens (primary N) is 2. The van der Waals surface area contributed by atoms with Crippen molar-refractivity contribution in [3.05, 3.63) is 167 Å². The second kappa shape index (κ2) is 19.9. The van der Waals surface area contributed by atoms with Crippen LogP contribution >= 0.6 is 24.4 Å². The maximum Gasteiger partial charge on any atom is 0.416 e. The van der Waals surface area contributed by atoms with Crippen molar-refractivity contribution in [2.24, 2.45) is 21.7 Å². The fourth-order valence-corrected chi connectivity index (χ4v) is 6.09. The van der Waals surface area contributed by atoms with Gasteiger partial charge in [0.05, 0.1) is 46.1 Å². The van der Waals surface area contributed by atoms with Gasteiger partial charge in [-0.2, -0.15) is 36.5 Å². The van der Waals surface area contributed by atoms with E-state index in [9.17, 15) is 46.1 Å². The summed E-state index contributed by atoms with van der Waals surface area (Å²) in [6, 6.07) is 29.6. The number of benzene rings is 6. The third-order valence-electron chi connectivity index (χ3n) is 8.87. The predicted molar refractivity (Wildman–Crippen MR) is 238 cm³/mol. The molecule has 0 aliphatic rings. The van der Waals surface area contributed by atoms with Crippen LogP contribution in [0.2, 0.25) is 0 Å². The number of carbonyl (C=O) groups is 2. The van der Waals surface area contributed by atoms with Crippen molar-refractivity contribution in [1.29, 1.82) is 0 Å². The zero-order valence-corrected chi connectivity index (χ0v) is 34.1. The first-order chi connectivity index (χ1) is 30.1. The Morgan fingerprint density at radius 2 is 0.938 bits per heavy atom. The summed E-state index contributed by atoms with van der Waals surface area (Å²) in [7, 11) is 0. The zero-order chi connectivity index (χ0) is 46.9. The standard InChI is InChI=1S/2C22H16F3N3O3S/c23-22(24,25)16-7-1-4-13(10-16)18-9-3-6-15(19(18)29)12-27-28(21(26)32)17-8-2-5-14(11-17)20(30)31;23-22(24,25)16-5-1-3-14(11-16)18-6-2-4-15(19(18)29)12-27-28(21(26)32)17-9-7-13(8-10-17)20(30)31/h2*1-12,29H,(H2,26,32)(H,30,31). The zero-order valence-electron chi connectivity index (χ0n) is 32.5. The summed E-state index contributed by atoms with van der Waals surface area (Å²) in [6.07, 6.45) is -6.57. The van der Waals surface area contributed by atoms with E-state index in [2.05, 4.69) is 10.2 Å². The van der Waals surface area contributed by atoms with Gasteiger partial charge in [-0.25, -0.2) is 19.6 Å². The van der Waals surface area contributed by atoms with Gasteiger partial charge in [-0.05, 0) is 114 Å². The maximum atomic E-state index is 13.0. The number of carboxylic acid groups (broad SMARTS) is 2. The fraction of sp³-hybridized carbons (Fsp3) is 0.0455. The van der Waals surface area contributed by atoms with E-state index in [1.807, 2.05) is 0 Å². The molecule has 0 amide bonds. The number of rotatable bonds is 10. The Morgan fingerprint density at radius 1 is 0.531 bits per heavy atom. The number of hydrazone groups is 2. The smallest absolute Gasteiger partial charge is 0.416 e. The number of phenolic OH excluding ortho intramolecular Hbond substituents is 2. The highest BCUT2D eigenvalue weighted by Crippen LogP contribution is 2.38. The number of phenols is 2. The summed E-state index contributed by atoms with van der Waals surface area (Å²) in [5.74, 6) is -2.82. The van der Waals surface area contributed by atoms with E-state index in [4.69, 9.17) is 46.1 Å². The molecule has 0 aliphatic carbocycles. The number of hydrogen-bond acceptors (Lipinski definition) is 8. The average Bonchev–Trinajstić information content (AvgIpc) is 3.24. The van der Waals surface area contributed by atoms with Crippen LogP contribution in [0.25, 0.3) is 22.3 Å². The number of aromatic carboxylic acids is 2. The Balaban J connectivity index is 0.000000241. The summed E-state index contributed by atoms with van der Waals surface area (Å²) in [5, 5.41) is 49.6. The van der Waals surface area contributed by atoms with Gasteiger partial charge in [0.1, 0.15) is 11.5 Å². The quantitative estimate of drug-likeness (QED) is 0.0330. The molecule has 0 saturated heterocycles. The van der Waals surface area contributed by atoms with Crippen LogP contribution in [0.1, 0.15) is 43.0 Å². The van der Waals surface area contributed by atoms with Gasteiger partial charge in [0.25, 0.3) is 0 Å². The summed E-state index contributed by atoms with van der Waals surface area (Å²) < 4.78 is 78.2. The van der Waals surface area contributed by atoms with Crippen LogP contribution in [0.3, 0.4) is 0 Å². The minimum absolute atomic E-state index is 0.00617. The van der Waals surface area contributed by atoms with Crippen molar-refractivity contribution in [3.63, 3.8) is 0 Å². The first-order valence-electron chi connectivity index (χ1n) is 18.1. The van der Waals surface area contributed by atoms with Gasteiger partial charge in [0.2, 0.25) is 0 Å². The van der Waals surface area contributed by atoms with Crippen LogP contribution in [0, 0.1) is 0 Å². The molecule has 0 aromatic heterocycles. The molecule has 12 nitrogen and oxygen atoms in total. The molecule has 64 heavy (non-hydrogen) atoms. The largest absolute Gasteiger partial charge is 0.507 e. The molecule has 0 radical (unpaired) electrons. The minimum Gasteiger partial charge on any atom is -0.507 e. The highest BCUT2D eigenvalue weighted by molar-refractivity contribution is 7.80. The Kier molecular flexibility index (Phi) is 14.7. The molecule has 328 valence electrons. The molecule has 0 bridgehead atoms. The fourth-order valence-electron chi connectivity index (χ4n) is 5.78. The highest BCUT2D eigenvalue weighted by atomic mass is 32.1. The second-order valence-electron chi connectivity index (χ2n) is 13.1. The van der Waals surface area contributed by atoms with Gasteiger partial charge >= 0.3 is 24.3 Å². The van der Waals surface area contributed by atoms with E-state index in [0.29, 0.717) is 5.69 Å². The van der Waals surface area contributed by atoms with E-state index >= 15 is 0 Å². The summed E-state index contributed by atoms with van der Waals surface area (Å²) >= 11 is 9.97. The average molecular weight is 919 g/mol. The van der Waals surface area contributed by atoms with Crippen molar-refractivity contribution in [2.75, 3.05) is 10.0 Å². The van der Waals surface area contributed by atoms with Crippen LogP contribution in [0.5, 0.6) is 11.5 Å². The van der Waals surface area contributed by atoms with E-state index in [1.165, 1.54) is 103 Å². The lowest BCUT2D eigenvalue weighted by atomic mass is 10.00. The number of carboxylic acids is 2. The first-order valence-corrected chi connectivity index (χ1v) is 18.9. The molecule has 6 aromatic rings. The van der Waals surface area contributed by atoms with E-state index in [1.54, 1.807) is 18.2 Å². The molecular formula is C44H32F6N6O6S2. The molecule has 0 fully saturated rings. The van der Waals surface area contributed by atoms with Crippen LogP contribution in [-0.4, -0.2) is 55.0 Å². The molecule has 20 heteroatoms. The van der Waals surface area contributed by atoms with E-state index in [-0.39, 0.29) is 71.9 Å². The van der Waals surface area contributed by atoms with Crippen LogP contribution in [-0.2, 0) is 12.4 Å². The van der Waals surface area contributed by atoms with Gasteiger partial charge in [0.15, 0.2) is 10.2 Å². The lowest BCUT2D eigenvalue weighted by Gasteiger charge is -2.17. The van der Waals surface area contributed by atoms with Crippen molar-refractivity contribution in [1.82, 2.24) is 0 Å². The van der Waals surface area contributed by atoms with Crippen LogP contribution in [0.4, 0.5) is 37.7 Å². The number of para-hydroxylation sites is 2. The Morgan fingerprint density at radius 3 is 1.34 bits per heavy atom. The Labute approximate surface area is 370 Å². The number of thiocarbonyl (C=S) groups is 2. The lowest BCUT2D eigenvalue weighted by Crippen LogP contribution is -2.31. The molecule has 0 heterocycles. The van der Waals surface area contributed by atoms with E-state index in [0.717, 1.165) is 34.3 Å². The van der Waals surface area contributed by atoms with Gasteiger partial charge in [-0.1, -0.05) is 54.6 Å². The number of anilines is 2. The topological polar surface area (TPSA) is 198 Å². The molecule has 0 saturated carbocycles. The number of aromatic hydroxyl groups is 2. The van der Waals surface area contributed by atoms with Crippen LogP contribution < -0.4 is 21.5 Å². The minimum atomic E-state index is -4.52.